The zero-order valence-corrected chi connectivity index (χ0v) is 15.5. The van der Waals surface area contributed by atoms with Gasteiger partial charge in [-0.05, 0) is 27.2 Å². The highest BCUT2D eigenvalue weighted by atomic mass is 35.5. The third-order valence-electron chi connectivity index (χ3n) is 4.75. The number of hydrogen-bond acceptors (Lipinski definition) is 6. The van der Waals surface area contributed by atoms with Gasteiger partial charge in [0, 0.05) is 19.3 Å². The fourth-order valence-electron chi connectivity index (χ4n) is 3.60. The van der Waals surface area contributed by atoms with E-state index in [0.29, 0.717) is 24.3 Å². The summed E-state index contributed by atoms with van der Waals surface area (Å²) in [5, 5.41) is 0.309. The lowest BCUT2D eigenvalue weighted by Crippen LogP contribution is -2.63. The van der Waals surface area contributed by atoms with Crippen LogP contribution in [0.4, 0.5) is 15.0 Å². The molecule has 2 aliphatic heterocycles. The first kappa shape index (κ1) is 17.2. The lowest BCUT2D eigenvalue weighted by molar-refractivity contribution is 0.0193. The van der Waals surface area contributed by atoms with Crippen molar-refractivity contribution in [1.29, 1.82) is 0 Å². The van der Waals surface area contributed by atoms with Crippen molar-refractivity contribution >= 4 is 34.4 Å². The van der Waals surface area contributed by atoms with Crippen molar-refractivity contribution in [3.63, 3.8) is 0 Å². The number of pyridine rings is 1. The van der Waals surface area contributed by atoms with Gasteiger partial charge in [-0.1, -0.05) is 11.6 Å². The summed E-state index contributed by atoms with van der Waals surface area (Å²) in [6.07, 6.45) is 3.32. The molecule has 138 valence electrons. The van der Waals surface area contributed by atoms with Crippen molar-refractivity contribution in [2.75, 3.05) is 18.0 Å². The molecule has 0 bridgehead atoms. The Bertz CT molecular complexity index is 887. The molecule has 0 unspecified atom stereocenters. The molecule has 4 heterocycles. The fourth-order valence-corrected chi connectivity index (χ4v) is 3.73. The second-order valence-electron chi connectivity index (χ2n) is 7.57. The van der Waals surface area contributed by atoms with E-state index in [2.05, 4.69) is 19.9 Å². The van der Waals surface area contributed by atoms with Crippen LogP contribution in [0.2, 0.25) is 5.15 Å². The molecule has 0 spiro atoms. The average molecular weight is 380 g/mol. The molecule has 4 rings (SSSR count). The predicted octanol–water partition coefficient (Wildman–Crippen LogP) is 3.02. The zero-order chi connectivity index (χ0) is 18.6. The van der Waals surface area contributed by atoms with Gasteiger partial charge in [-0.25, -0.2) is 24.1 Å². The van der Waals surface area contributed by atoms with Gasteiger partial charge in [0.15, 0.2) is 11.0 Å². The predicted molar refractivity (Wildman–Crippen MR) is 94.8 cm³/mol. The summed E-state index contributed by atoms with van der Waals surface area (Å²) in [6, 6.07) is 0.194. The monoisotopic (exact) mass is 379 g/mol. The Balaban J connectivity index is 1.57. The van der Waals surface area contributed by atoms with Gasteiger partial charge in [0.25, 0.3) is 0 Å². The first-order valence-corrected chi connectivity index (χ1v) is 8.85. The van der Waals surface area contributed by atoms with Crippen LogP contribution in [0.1, 0.15) is 27.2 Å². The molecule has 9 heteroatoms. The van der Waals surface area contributed by atoms with Gasteiger partial charge in [0.1, 0.15) is 23.3 Å². The summed E-state index contributed by atoms with van der Waals surface area (Å²) in [4.78, 5) is 28.4. The standard InChI is InChI=1S/C17H19ClFN5O2/c1-17(2,3)26-16(25)23-5-4-10-11(23)7-24(10)15-9-6-20-14(18)12(19)13(9)21-8-22-15/h6,8,10-11H,4-5,7H2,1-3H3/t10-,11-/m1/s1. The van der Waals surface area contributed by atoms with Gasteiger partial charge in [0.05, 0.1) is 17.5 Å². The molecule has 1 amide bonds. The number of hydrogen-bond donors (Lipinski definition) is 0. The molecule has 2 aliphatic rings. The highest BCUT2D eigenvalue weighted by Gasteiger charge is 2.50. The van der Waals surface area contributed by atoms with Crippen LogP contribution in [0.15, 0.2) is 12.5 Å². The first-order chi connectivity index (χ1) is 12.3. The Morgan fingerprint density at radius 2 is 2.08 bits per heavy atom. The average Bonchev–Trinajstić information content (AvgIpc) is 2.87. The molecule has 2 fully saturated rings. The Labute approximate surface area is 155 Å². The number of aromatic nitrogens is 3. The number of rotatable bonds is 1. The van der Waals surface area contributed by atoms with E-state index in [0.717, 1.165) is 6.42 Å². The van der Waals surface area contributed by atoms with E-state index in [-0.39, 0.29) is 28.8 Å². The highest BCUT2D eigenvalue weighted by molar-refractivity contribution is 6.30. The van der Waals surface area contributed by atoms with Gasteiger partial charge in [-0.15, -0.1) is 0 Å². The number of carbonyl (C=O) groups is 1. The number of likely N-dealkylation sites (tertiary alicyclic amines) is 1. The number of halogens is 2. The smallest absolute Gasteiger partial charge is 0.410 e. The molecular formula is C17H19ClFN5O2. The van der Waals surface area contributed by atoms with Gasteiger partial charge < -0.3 is 14.5 Å². The molecule has 0 saturated carbocycles. The summed E-state index contributed by atoms with van der Waals surface area (Å²) in [5.74, 6) is -0.0305. The molecule has 7 nitrogen and oxygen atoms in total. The summed E-state index contributed by atoms with van der Waals surface area (Å²) in [7, 11) is 0. The Morgan fingerprint density at radius 1 is 1.31 bits per heavy atom. The molecule has 2 saturated heterocycles. The van der Waals surface area contributed by atoms with Crippen LogP contribution in [0, 0.1) is 5.82 Å². The Morgan fingerprint density at radius 3 is 2.81 bits per heavy atom. The number of fused-ring (bicyclic) bond motifs is 2. The third-order valence-corrected chi connectivity index (χ3v) is 5.02. The van der Waals surface area contributed by atoms with Crippen LogP contribution in [-0.4, -0.2) is 56.7 Å². The van der Waals surface area contributed by atoms with Crippen LogP contribution in [0.3, 0.4) is 0 Å². The lowest BCUT2D eigenvalue weighted by Gasteiger charge is -2.47. The largest absolute Gasteiger partial charge is 0.444 e. The van der Waals surface area contributed by atoms with Crippen molar-refractivity contribution in [1.82, 2.24) is 19.9 Å². The normalized spacial score (nSPS) is 22.3. The summed E-state index contributed by atoms with van der Waals surface area (Å²) in [5.41, 5.74) is -0.371. The topological polar surface area (TPSA) is 71.5 Å². The van der Waals surface area contributed by atoms with Gasteiger partial charge >= 0.3 is 6.09 Å². The molecule has 2 atom stereocenters. The van der Waals surface area contributed by atoms with E-state index < -0.39 is 11.4 Å². The molecule has 0 N–H and O–H groups in total. The molecule has 2 aromatic rings. The second-order valence-corrected chi connectivity index (χ2v) is 7.93. The molecule has 26 heavy (non-hydrogen) atoms. The minimum Gasteiger partial charge on any atom is -0.444 e. The minimum absolute atomic E-state index is 0.0694. The van der Waals surface area contributed by atoms with Crippen LogP contribution < -0.4 is 4.90 Å². The summed E-state index contributed by atoms with van der Waals surface area (Å²) < 4.78 is 19.7. The maximum Gasteiger partial charge on any atom is 0.410 e. The van der Waals surface area contributed by atoms with Crippen molar-refractivity contribution < 1.29 is 13.9 Å². The second kappa shape index (κ2) is 5.90. The zero-order valence-electron chi connectivity index (χ0n) is 14.7. The number of anilines is 1. The van der Waals surface area contributed by atoms with E-state index >= 15 is 0 Å². The maximum absolute atomic E-state index is 14.2. The Kier molecular flexibility index (Phi) is 3.91. The molecule has 0 aromatic carbocycles. The maximum atomic E-state index is 14.2. The molecular weight excluding hydrogens is 361 g/mol. The third kappa shape index (κ3) is 2.72. The minimum atomic E-state index is -0.647. The van der Waals surface area contributed by atoms with Crippen molar-refractivity contribution in [3.8, 4) is 0 Å². The highest BCUT2D eigenvalue weighted by Crippen LogP contribution is 2.39. The van der Waals surface area contributed by atoms with E-state index in [9.17, 15) is 9.18 Å². The number of amides is 1. The summed E-state index contributed by atoms with van der Waals surface area (Å²) >= 11 is 5.75. The number of ether oxygens (including phenoxy) is 1. The quantitative estimate of drug-likeness (QED) is 0.709. The van der Waals surface area contributed by atoms with E-state index in [1.807, 2.05) is 20.8 Å². The van der Waals surface area contributed by atoms with E-state index in [1.54, 1.807) is 4.90 Å². The van der Waals surface area contributed by atoms with Crippen LogP contribution in [0.25, 0.3) is 10.9 Å². The SMILES string of the molecule is CC(C)(C)OC(=O)N1CC[C@@H]2[C@H]1CN2c1ncnc2c(F)c(Cl)ncc12. The van der Waals surface area contributed by atoms with Crippen molar-refractivity contribution in [3.05, 3.63) is 23.5 Å². The van der Waals surface area contributed by atoms with Crippen LogP contribution in [0.5, 0.6) is 0 Å². The van der Waals surface area contributed by atoms with Gasteiger partial charge in [-0.3, -0.25) is 0 Å². The summed E-state index contributed by atoms with van der Waals surface area (Å²) in [6.45, 7) is 6.80. The van der Waals surface area contributed by atoms with E-state index in [4.69, 9.17) is 16.3 Å². The Hall–Kier alpha value is -2.22. The molecule has 0 radical (unpaired) electrons. The first-order valence-electron chi connectivity index (χ1n) is 8.47. The lowest BCUT2D eigenvalue weighted by atomic mass is 9.97. The van der Waals surface area contributed by atoms with Crippen LogP contribution >= 0.6 is 11.6 Å². The fraction of sp³-hybridized carbons (Fsp3) is 0.529. The van der Waals surface area contributed by atoms with E-state index in [1.165, 1.54) is 12.5 Å². The van der Waals surface area contributed by atoms with Crippen LogP contribution in [-0.2, 0) is 4.74 Å². The van der Waals surface area contributed by atoms with Gasteiger partial charge in [-0.2, -0.15) is 0 Å². The molecule has 0 aliphatic carbocycles. The number of carbonyl (C=O) groups excluding carboxylic acids is 1. The van der Waals surface area contributed by atoms with Gasteiger partial charge in [0.2, 0.25) is 0 Å². The molecule has 2 aromatic heterocycles. The van der Waals surface area contributed by atoms with Crippen molar-refractivity contribution in [2.45, 2.75) is 44.9 Å². The van der Waals surface area contributed by atoms with Crippen molar-refractivity contribution in [2.24, 2.45) is 0 Å². The number of nitrogens with zero attached hydrogens (tertiary/aromatic N) is 5.